The highest BCUT2D eigenvalue weighted by Crippen LogP contribution is 2.42. The molecule has 1 atom stereocenters. The monoisotopic (exact) mass is 862 g/mol. The number of fused-ring (bicyclic) bond motifs is 6. The Bertz CT molecular complexity index is 3780. The second kappa shape index (κ2) is 16.9. The Kier molecular flexibility index (Phi) is 10.1. The molecule has 0 aliphatic heterocycles. The first-order valence-corrected chi connectivity index (χ1v) is 23.2. The van der Waals surface area contributed by atoms with Crippen molar-refractivity contribution in [3.63, 3.8) is 0 Å². The quantitative estimate of drug-likeness (QED) is 0.137. The van der Waals surface area contributed by atoms with E-state index in [9.17, 15) is 0 Å². The van der Waals surface area contributed by atoms with Gasteiger partial charge in [0.2, 0.25) is 0 Å². The minimum Gasteiger partial charge on any atom is -0.455 e. The van der Waals surface area contributed by atoms with E-state index >= 15 is 0 Å². The molecule has 3 aromatic heterocycles. The molecule has 0 fully saturated rings. The molecule has 0 amide bonds. The van der Waals surface area contributed by atoms with Crippen LogP contribution in [-0.4, -0.2) is 19.5 Å². The normalized spacial score (nSPS) is 12.1. The molecule has 12 rings (SSSR count). The van der Waals surface area contributed by atoms with Crippen LogP contribution in [-0.2, 0) is 6.42 Å². The molecular weight excluding hydrogens is 817 g/mol. The molecule has 0 aliphatic rings. The van der Waals surface area contributed by atoms with Crippen molar-refractivity contribution in [3.05, 3.63) is 229 Å². The number of hydrogen-bond donors (Lipinski definition) is 0. The van der Waals surface area contributed by atoms with Crippen LogP contribution in [0.3, 0.4) is 0 Å². The highest BCUT2D eigenvalue weighted by Gasteiger charge is 2.23. The molecule has 0 spiro atoms. The molecule has 0 N–H and O–H groups in total. The first-order valence-electron chi connectivity index (χ1n) is 23.2. The number of nitrogens with zero attached hydrogens (tertiary/aromatic N) is 4. The zero-order chi connectivity index (χ0) is 44.8. The van der Waals surface area contributed by atoms with Crippen LogP contribution in [0.4, 0.5) is 0 Å². The fourth-order valence-electron chi connectivity index (χ4n) is 10.2. The maximum absolute atomic E-state index is 6.71. The number of benzene rings is 9. The highest BCUT2D eigenvalue weighted by molar-refractivity contribution is 6.12. The lowest BCUT2D eigenvalue weighted by molar-refractivity contribution is 0.661. The number of hydrogen-bond acceptors (Lipinski definition) is 4. The van der Waals surface area contributed by atoms with Crippen molar-refractivity contribution in [3.8, 4) is 62.1 Å². The van der Waals surface area contributed by atoms with E-state index in [1.807, 2.05) is 24.3 Å². The molecule has 3 heterocycles. The lowest BCUT2D eigenvalue weighted by atomic mass is 9.85. The van der Waals surface area contributed by atoms with Crippen LogP contribution < -0.4 is 0 Å². The van der Waals surface area contributed by atoms with E-state index in [2.05, 4.69) is 206 Å². The van der Waals surface area contributed by atoms with Gasteiger partial charge in [-0.2, -0.15) is 0 Å². The Labute approximate surface area is 389 Å². The van der Waals surface area contributed by atoms with Crippen LogP contribution in [0.25, 0.3) is 106 Å². The van der Waals surface area contributed by atoms with Gasteiger partial charge in [-0.3, -0.25) is 0 Å². The number of aryl methyl sites for hydroxylation is 1. The zero-order valence-electron chi connectivity index (χ0n) is 37.4. The molecule has 0 saturated carbocycles. The molecule has 5 heteroatoms. The van der Waals surface area contributed by atoms with Gasteiger partial charge in [-0.15, -0.1) is 0 Å². The number of furan rings is 1. The summed E-state index contributed by atoms with van der Waals surface area (Å²) >= 11 is 0. The van der Waals surface area contributed by atoms with E-state index in [4.69, 9.17) is 19.4 Å². The second-order valence-electron chi connectivity index (χ2n) is 17.4. The van der Waals surface area contributed by atoms with Crippen molar-refractivity contribution in [1.82, 2.24) is 19.5 Å². The van der Waals surface area contributed by atoms with Crippen molar-refractivity contribution in [1.29, 1.82) is 0 Å². The lowest BCUT2D eigenvalue weighted by Crippen LogP contribution is -2.05. The van der Waals surface area contributed by atoms with Gasteiger partial charge in [-0.05, 0) is 89.4 Å². The van der Waals surface area contributed by atoms with Gasteiger partial charge >= 0.3 is 0 Å². The second-order valence-corrected chi connectivity index (χ2v) is 17.4. The van der Waals surface area contributed by atoms with Crippen LogP contribution in [0, 0.1) is 6.92 Å². The Morgan fingerprint density at radius 2 is 1.07 bits per heavy atom. The number of rotatable bonds is 10. The molecule has 320 valence electrons. The molecule has 67 heavy (non-hydrogen) atoms. The van der Waals surface area contributed by atoms with Crippen LogP contribution in [0.1, 0.15) is 36.0 Å². The maximum Gasteiger partial charge on any atom is 0.166 e. The summed E-state index contributed by atoms with van der Waals surface area (Å²) in [5.41, 5.74) is 16.2. The molecule has 0 bridgehead atoms. The Morgan fingerprint density at radius 1 is 0.463 bits per heavy atom. The van der Waals surface area contributed by atoms with Gasteiger partial charge in [0.15, 0.2) is 17.5 Å². The highest BCUT2D eigenvalue weighted by atomic mass is 16.3. The molecule has 0 radical (unpaired) electrons. The first-order chi connectivity index (χ1) is 33.1. The minimum absolute atomic E-state index is 0.420. The molecule has 0 saturated heterocycles. The Balaban J connectivity index is 1.03. The summed E-state index contributed by atoms with van der Waals surface area (Å²) in [5, 5.41) is 4.52. The van der Waals surface area contributed by atoms with E-state index in [1.54, 1.807) is 0 Å². The number of aromatic nitrogens is 4. The summed E-state index contributed by atoms with van der Waals surface area (Å²) in [6.45, 7) is 4.58. The third-order valence-corrected chi connectivity index (χ3v) is 13.5. The third kappa shape index (κ3) is 7.08. The molecule has 0 aliphatic carbocycles. The van der Waals surface area contributed by atoms with E-state index in [0.29, 0.717) is 23.4 Å². The van der Waals surface area contributed by atoms with Gasteiger partial charge in [0.25, 0.3) is 0 Å². The van der Waals surface area contributed by atoms with Crippen molar-refractivity contribution in [2.75, 3.05) is 0 Å². The predicted molar refractivity (Wildman–Crippen MR) is 277 cm³/mol. The number of para-hydroxylation sites is 3. The SMILES string of the molecule is CCC(Cc1ccccc1-c1ccc2c3ccccc3n(-c3ccccc3-c3nc(-c4ccccc4)nc(-c4ccc5c(c4)oc4c(-c6ccccc6)cccc45)n3)c2c1C)c1ccccc1. The van der Waals surface area contributed by atoms with Crippen molar-refractivity contribution >= 4 is 43.7 Å². The topological polar surface area (TPSA) is 56.7 Å². The van der Waals surface area contributed by atoms with Crippen LogP contribution in [0.5, 0.6) is 0 Å². The van der Waals surface area contributed by atoms with Gasteiger partial charge in [0.1, 0.15) is 11.2 Å². The van der Waals surface area contributed by atoms with Crippen molar-refractivity contribution in [2.24, 2.45) is 0 Å². The third-order valence-electron chi connectivity index (χ3n) is 13.5. The summed E-state index contributed by atoms with van der Waals surface area (Å²) in [7, 11) is 0. The van der Waals surface area contributed by atoms with Crippen LogP contribution in [0.15, 0.2) is 217 Å². The molecular formula is C62H46N4O. The average Bonchev–Trinajstić information content (AvgIpc) is 3.95. The fraction of sp³-hybridized carbons (Fsp3) is 0.0806. The van der Waals surface area contributed by atoms with Crippen LogP contribution in [0.2, 0.25) is 0 Å². The van der Waals surface area contributed by atoms with Gasteiger partial charge in [-0.1, -0.05) is 189 Å². The summed E-state index contributed by atoms with van der Waals surface area (Å²) in [6, 6.07) is 75.0. The summed E-state index contributed by atoms with van der Waals surface area (Å²) < 4.78 is 9.14. The van der Waals surface area contributed by atoms with Gasteiger partial charge in [0.05, 0.1) is 16.7 Å². The molecule has 12 aromatic rings. The first kappa shape index (κ1) is 40.1. The van der Waals surface area contributed by atoms with Gasteiger partial charge in [0, 0.05) is 43.8 Å². The fourth-order valence-corrected chi connectivity index (χ4v) is 10.2. The van der Waals surface area contributed by atoms with Crippen LogP contribution >= 0.6 is 0 Å². The summed E-state index contributed by atoms with van der Waals surface area (Å²) in [5.74, 6) is 2.18. The van der Waals surface area contributed by atoms with Gasteiger partial charge < -0.3 is 8.98 Å². The Hall–Kier alpha value is -8.41. The zero-order valence-corrected chi connectivity index (χ0v) is 37.4. The summed E-state index contributed by atoms with van der Waals surface area (Å²) in [6.07, 6.45) is 2.03. The molecule has 9 aromatic carbocycles. The average molecular weight is 863 g/mol. The smallest absolute Gasteiger partial charge is 0.166 e. The summed E-state index contributed by atoms with van der Waals surface area (Å²) in [4.78, 5) is 15.8. The maximum atomic E-state index is 6.71. The largest absolute Gasteiger partial charge is 0.455 e. The van der Waals surface area contributed by atoms with Crippen molar-refractivity contribution in [2.45, 2.75) is 32.6 Å². The minimum atomic E-state index is 0.420. The van der Waals surface area contributed by atoms with E-state index < -0.39 is 0 Å². The van der Waals surface area contributed by atoms with E-state index in [-0.39, 0.29) is 0 Å². The van der Waals surface area contributed by atoms with Gasteiger partial charge in [-0.25, -0.2) is 15.0 Å². The molecule has 5 nitrogen and oxygen atoms in total. The van der Waals surface area contributed by atoms with Crippen molar-refractivity contribution < 1.29 is 4.42 Å². The molecule has 1 unspecified atom stereocenters. The Morgan fingerprint density at radius 3 is 1.87 bits per heavy atom. The van der Waals surface area contributed by atoms with E-state index in [0.717, 1.165) is 73.8 Å². The van der Waals surface area contributed by atoms with E-state index in [1.165, 1.54) is 44.1 Å². The lowest BCUT2D eigenvalue weighted by Gasteiger charge is -2.20. The standard InChI is InChI=1S/C62H46N4O/c1-3-41(42-20-7-4-8-21-42)38-45-26-13-14-27-48(45)47-36-37-52-50-28-15-17-32-55(50)66(58(52)40(47)2)56-33-18-16-29-54(56)62-64-60(44-24-11-6-12-25-44)63-61(65-62)46-34-35-51-53-31-19-30-49(43-22-9-5-10-23-43)59(53)67-57(51)39-46/h4-37,39,41H,3,38H2,1-2H3. The predicted octanol–water partition coefficient (Wildman–Crippen LogP) is 16.2.